The zero-order valence-corrected chi connectivity index (χ0v) is 21.9. The van der Waals surface area contributed by atoms with Crippen LogP contribution in [0, 0.1) is 6.92 Å². The van der Waals surface area contributed by atoms with Gasteiger partial charge in [-0.15, -0.1) is 11.3 Å². The van der Waals surface area contributed by atoms with Crippen LogP contribution in [-0.4, -0.2) is 68.2 Å². The van der Waals surface area contributed by atoms with Crippen molar-refractivity contribution in [2.75, 3.05) is 45.1 Å². The van der Waals surface area contributed by atoms with Gasteiger partial charge in [0, 0.05) is 19.8 Å². The predicted octanol–water partition coefficient (Wildman–Crippen LogP) is 3.71. The number of thiophene rings is 1. The molecule has 0 bridgehead atoms. The molecule has 35 heavy (non-hydrogen) atoms. The molecule has 188 valence electrons. The number of esters is 3. The Morgan fingerprint density at radius 2 is 1.49 bits per heavy atom. The zero-order chi connectivity index (χ0) is 26.3. The SMILES string of the molecule is CCOC(=O)c1cc(NC(=S)Nc2sc(C(=O)N(C)C)c(C)c2C(=O)OC)cc(C(=O)OCC)c1. The minimum Gasteiger partial charge on any atom is -0.465 e. The molecule has 10 nitrogen and oxygen atoms in total. The summed E-state index contributed by atoms with van der Waals surface area (Å²) in [5.41, 5.74) is 1.21. The topological polar surface area (TPSA) is 123 Å². The molecule has 0 unspecified atom stereocenters. The van der Waals surface area contributed by atoms with Crippen molar-refractivity contribution >= 4 is 63.2 Å². The van der Waals surface area contributed by atoms with Gasteiger partial charge in [0.25, 0.3) is 5.91 Å². The van der Waals surface area contributed by atoms with E-state index in [0.717, 1.165) is 11.3 Å². The van der Waals surface area contributed by atoms with E-state index < -0.39 is 17.9 Å². The van der Waals surface area contributed by atoms with E-state index in [-0.39, 0.29) is 40.9 Å². The molecule has 0 saturated heterocycles. The van der Waals surface area contributed by atoms with Crippen molar-refractivity contribution in [3.05, 3.63) is 45.3 Å². The molecule has 2 aromatic rings. The Morgan fingerprint density at radius 1 is 0.943 bits per heavy atom. The molecule has 1 amide bonds. The molecule has 0 radical (unpaired) electrons. The van der Waals surface area contributed by atoms with Gasteiger partial charge in [0.15, 0.2) is 5.11 Å². The third kappa shape index (κ3) is 6.76. The lowest BCUT2D eigenvalue weighted by molar-refractivity contribution is 0.0522. The van der Waals surface area contributed by atoms with Gasteiger partial charge >= 0.3 is 17.9 Å². The first kappa shape index (κ1) is 27.7. The van der Waals surface area contributed by atoms with E-state index >= 15 is 0 Å². The maximum atomic E-state index is 12.5. The molecule has 1 aromatic heterocycles. The largest absolute Gasteiger partial charge is 0.465 e. The summed E-state index contributed by atoms with van der Waals surface area (Å²) in [5.74, 6) is -2.13. The molecule has 12 heteroatoms. The standard InChI is InChI=1S/C23H27N3O7S2/c1-7-32-20(28)13-9-14(21(29)33-8-2)11-15(10-13)24-23(34)25-18-16(22(30)31-6)12(3)17(35-18)19(27)26(4)5/h9-11H,7-8H2,1-6H3,(H2,24,25,34). The van der Waals surface area contributed by atoms with E-state index in [1.165, 1.54) is 30.2 Å². The van der Waals surface area contributed by atoms with Crippen LogP contribution in [0.2, 0.25) is 0 Å². The molecular formula is C23H27N3O7S2. The van der Waals surface area contributed by atoms with Gasteiger partial charge in [-0.1, -0.05) is 0 Å². The Morgan fingerprint density at radius 3 is 1.94 bits per heavy atom. The summed E-state index contributed by atoms with van der Waals surface area (Å²) in [6.07, 6.45) is 0. The number of hydrogen-bond acceptors (Lipinski definition) is 9. The summed E-state index contributed by atoms with van der Waals surface area (Å²) in [7, 11) is 4.46. The second-order valence-corrected chi connectivity index (χ2v) is 8.70. The third-order valence-electron chi connectivity index (χ3n) is 4.58. The average molecular weight is 522 g/mol. The number of benzene rings is 1. The van der Waals surface area contributed by atoms with Crippen molar-refractivity contribution in [3.63, 3.8) is 0 Å². The number of nitrogens with zero attached hydrogens (tertiary/aromatic N) is 1. The van der Waals surface area contributed by atoms with Crippen LogP contribution in [0.25, 0.3) is 0 Å². The average Bonchev–Trinajstić information content (AvgIpc) is 3.13. The minimum absolute atomic E-state index is 0.0519. The second kappa shape index (κ2) is 12.3. The smallest absolute Gasteiger partial charge is 0.341 e. The Balaban J connectivity index is 2.40. The first-order valence-electron chi connectivity index (χ1n) is 10.5. The van der Waals surface area contributed by atoms with Crippen LogP contribution in [0.3, 0.4) is 0 Å². The highest BCUT2D eigenvalue weighted by molar-refractivity contribution is 7.80. The van der Waals surface area contributed by atoms with Crippen LogP contribution in [0.1, 0.15) is 60.2 Å². The number of rotatable bonds is 8. The fourth-order valence-electron chi connectivity index (χ4n) is 2.99. The van der Waals surface area contributed by atoms with Gasteiger partial charge in [-0.05, 0) is 56.8 Å². The summed E-state index contributed by atoms with van der Waals surface area (Å²) in [4.78, 5) is 51.3. The molecule has 0 spiro atoms. The van der Waals surface area contributed by atoms with Crippen molar-refractivity contribution in [1.29, 1.82) is 0 Å². The summed E-state index contributed by atoms with van der Waals surface area (Å²) in [5, 5.41) is 6.17. The Hall–Kier alpha value is -3.51. The molecule has 0 fully saturated rings. The normalized spacial score (nSPS) is 10.2. The minimum atomic E-state index is -0.629. The number of nitrogens with one attached hydrogen (secondary N) is 2. The lowest BCUT2D eigenvalue weighted by Gasteiger charge is -2.13. The van der Waals surface area contributed by atoms with Gasteiger partial charge in [-0.3, -0.25) is 4.79 Å². The van der Waals surface area contributed by atoms with E-state index in [9.17, 15) is 19.2 Å². The van der Waals surface area contributed by atoms with Crippen LogP contribution in [0.4, 0.5) is 10.7 Å². The summed E-state index contributed by atoms with van der Waals surface area (Å²) in [6, 6.07) is 4.31. The zero-order valence-electron chi connectivity index (χ0n) is 20.3. The summed E-state index contributed by atoms with van der Waals surface area (Å²) < 4.78 is 15.0. The second-order valence-electron chi connectivity index (χ2n) is 7.27. The molecular weight excluding hydrogens is 494 g/mol. The summed E-state index contributed by atoms with van der Waals surface area (Å²) >= 11 is 6.45. The van der Waals surface area contributed by atoms with E-state index in [1.54, 1.807) is 34.9 Å². The van der Waals surface area contributed by atoms with E-state index in [1.807, 2.05) is 0 Å². The highest BCUT2D eigenvalue weighted by Gasteiger charge is 2.26. The lowest BCUT2D eigenvalue weighted by atomic mass is 10.1. The van der Waals surface area contributed by atoms with Crippen LogP contribution in [0.5, 0.6) is 0 Å². The van der Waals surface area contributed by atoms with Gasteiger partial charge in [-0.2, -0.15) is 0 Å². The number of carbonyl (C=O) groups excluding carboxylic acids is 4. The molecule has 0 aliphatic carbocycles. The van der Waals surface area contributed by atoms with Crippen molar-refractivity contribution in [2.24, 2.45) is 0 Å². The van der Waals surface area contributed by atoms with Gasteiger partial charge in [0.05, 0.1) is 41.9 Å². The fourth-order valence-corrected chi connectivity index (χ4v) is 4.49. The van der Waals surface area contributed by atoms with Gasteiger partial charge in [0.1, 0.15) is 5.00 Å². The van der Waals surface area contributed by atoms with Gasteiger partial charge in [-0.25, -0.2) is 14.4 Å². The predicted molar refractivity (Wildman–Crippen MR) is 137 cm³/mol. The molecule has 2 rings (SSSR count). The molecule has 2 N–H and O–H groups in total. The Labute approximate surface area is 212 Å². The Kier molecular flexibility index (Phi) is 9.72. The van der Waals surface area contributed by atoms with Crippen molar-refractivity contribution in [1.82, 2.24) is 4.90 Å². The van der Waals surface area contributed by atoms with Crippen molar-refractivity contribution in [3.8, 4) is 0 Å². The van der Waals surface area contributed by atoms with Crippen LogP contribution in [-0.2, 0) is 14.2 Å². The van der Waals surface area contributed by atoms with Gasteiger partial charge < -0.3 is 29.7 Å². The maximum Gasteiger partial charge on any atom is 0.341 e. The molecule has 0 saturated carbocycles. The molecule has 0 aliphatic rings. The molecule has 0 atom stereocenters. The van der Waals surface area contributed by atoms with Gasteiger partial charge in [0.2, 0.25) is 0 Å². The highest BCUT2D eigenvalue weighted by Crippen LogP contribution is 2.34. The number of thiocarbonyl (C=S) groups is 1. The van der Waals surface area contributed by atoms with E-state index in [0.29, 0.717) is 21.1 Å². The van der Waals surface area contributed by atoms with Crippen LogP contribution in [0.15, 0.2) is 18.2 Å². The number of anilines is 2. The number of hydrogen-bond donors (Lipinski definition) is 2. The molecule has 0 aliphatic heterocycles. The molecule has 1 heterocycles. The number of methoxy groups -OCH3 is 1. The third-order valence-corrected chi connectivity index (χ3v) is 5.98. The first-order valence-corrected chi connectivity index (χ1v) is 11.8. The lowest BCUT2D eigenvalue weighted by Crippen LogP contribution is -2.21. The molecule has 1 aromatic carbocycles. The highest BCUT2D eigenvalue weighted by atomic mass is 32.1. The van der Waals surface area contributed by atoms with Crippen molar-refractivity contribution in [2.45, 2.75) is 20.8 Å². The number of amides is 1. The van der Waals surface area contributed by atoms with Crippen molar-refractivity contribution < 1.29 is 33.4 Å². The van der Waals surface area contributed by atoms with E-state index in [4.69, 9.17) is 26.4 Å². The number of ether oxygens (including phenoxy) is 3. The van der Waals surface area contributed by atoms with Crippen LogP contribution < -0.4 is 10.6 Å². The van der Waals surface area contributed by atoms with Crippen LogP contribution >= 0.6 is 23.6 Å². The number of carbonyl (C=O) groups is 4. The monoisotopic (exact) mass is 521 g/mol. The van der Waals surface area contributed by atoms with E-state index in [2.05, 4.69) is 10.6 Å². The first-order chi connectivity index (χ1) is 16.5. The maximum absolute atomic E-state index is 12.5. The quantitative estimate of drug-likeness (QED) is 0.302. The Bertz CT molecular complexity index is 1120. The fraction of sp³-hybridized carbons (Fsp3) is 0.348. The summed E-state index contributed by atoms with van der Waals surface area (Å²) in [6.45, 7) is 5.31.